The van der Waals surface area contributed by atoms with Gasteiger partial charge in [0.1, 0.15) is 5.75 Å². The number of sulfonamides is 1. The molecule has 2 atom stereocenters. The minimum absolute atomic E-state index is 0.00817. The van der Waals surface area contributed by atoms with Gasteiger partial charge in [0.25, 0.3) is 0 Å². The van der Waals surface area contributed by atoms with Crippen molar-refractivity contribution in [3.8, 4) is 5.75 Å². The molecule has 0 saturated carbocycles. The van der Waals surface area contributed by atoms with E-state index in [9.17, 15) is 8.42 Å². The van der Waals surface area contributed by atoms with E-state index in [0.717, 1.165) is 25.9 Å². The molecule has 22 heavy (non-hydrogen) atoms. The zero-order valence-electron chi connectivity index (χ0n) is 12.6. The van der Waals surface area contributed by atoms with Crippen molar-refractivity contribution in [1.82, 2.24) is 9.62 Å². The topological polar surface area (TPSA) is 58.6 Å². The first-order valence-corrected chi connectivity index (χ1v) is 9.47. The lowest BCUT2D eigenvalue weighted by Crippen LogP contribution is -2.46. The molecule has 0 unspecified atom stereocenters. The molecule has 5 nitrogen and oxygen atoms in total. The third kappa shape index (κ3) is 3.11. The Bertz CT molecular complexity index is 650. The van der Waals surface area contributed by atoms with Crippen LogP contribution in [0.25, 0.3) is 0 Å². The lowest BCUT2D eigenvalue weighted by Gasteiger charge is -2.32. The number of piperidine rings is 1. The van der Waals surface area contributed by atoms with E-state index < -0.39 is 10.0 Å². The monoisotopic (exact) mass is 344 g/mol. The zero-order valence-corrected chi connectivity index (χ0v) is 14.2. The maximum absolute atomic E-state index is 12.6. The lowest BCUT2D eigenvalue weighted by molar-refractivity contribution is 0.186. The highest BCUT2D eigenvalue weighted by Gasteiger charge is 2.37. The predicted molar refractivity (Wildman–Crippen MR) is 85.9 cm³/mol. The highest BCUT2D eigenvalue weighted by Crippen LogP contribution is 2.30. The van der Waals surface area contributed by atoms with Gasteiger partial charge in [0.05, 0.1) is 17.0 Å². The summed E-state index contributed by atoms with van der Waals surface area (Å²) in [5, 5.41) is 0.302. The van der Waals surface area contributed by atoms with Crippen LogP contribution in [0.1, 0.15) is 25.7 Å². The minimum atomic E-state index is -3.56. The van der Waals surface area contributed by atoms with Crippen LogP contribution in [0, 0.1) is 0 Å². The molecular weight excluding hydrogens is 324 g/mol. The Morgan fingerprint density at radius 1 is 1.27 bits per heavy atom. The van der Waals surface area contributed by atoms with Crippen LogP contribution in [0.5, 0.6) is 5.75 Å². The average molecular weight is 345 g/mol. The van der Waals surface area contributed by atoms with Crippen molar-refractivity contribution in [2.45, 2.75) is 42.7 Å². The molecule has 0 spiro atoms. The minimum Gasteiger partial charge on any atom is -0.495 e. The van der Waals surface area contributed by atoms with Crippen LogP contribution in [0.3, 0.4) is 0 Å². The molecule has 122 valence electrons. The third-order valence-corrected chi connectivity index (χ3v) is 6.38. The van der Waals surface area contributed by atoms with Crippen LogP contribution in [-0.2, 0) is 10.0 Å². The molecule has 1 aromatic carbocycles. The van der Waals surface area contributed by atoms with E-state index >= 15 is 0 Å². The second kappa shape index (κ2) is 6.35. The van der Waals surface area contributed by atoms with Crippen molar-refractivity contribution < 1.29 is 13.2 Å². The molecule has 2 aliphatic rings. The zero-order chi connectivity index (χ0) is 15.7. The first-order chi connectivity index (χ1) is 10.5. The largest absolute Gasteiger partial charge is 0.495 e. The second-order valence-electron chi connectivity index (χ2n) is 5.91. The molecule has 3 rings (SSSR count). The van der Waals surface area contributed by atoms with Gasteiger partial charge in [-0.1, -0.05) is 18.0 Å². The van der Waals surface area contributed by atoms with Gasteiger partial charge in [-0.05, 0) is 44.0 Å². The number of benzene rings is 1. The third-order valence-electron chi connectivity index (χ3n) is 4.60. The molecule has 1 N–H and O–H groups in total. The summed E-state index contributed by atoms with van der Waals surface area (Å²) in [4.78, 5) is 2.59. The first-order valence-electron chi connectivity index (χ1n) is 7.61. The Morgan fingerprint density at radius 3 is 2.82 bits per heavy atom. The number of ether oxygens (including phenoxy) is 1. The lowest BCUT2D eigenvalue weighted by atomic mass is 10.00. The fourth-order valence-electron chi connectivity index (χ4n) is 3.47. The van der Waals surface area contributed by atoms with Crippen LogP contribution in [0.2, 0.25) is 5.02 Å². The van der Waals surface area contributed by atoms with Gasteiger partial charge in [0.15, 0.2) is 0 Å². The van der Waals surface area contributed by atoms with Gasteiger partial charge < -0.3 is 4.74 Å². The molecule has 1 aromatic rings. The number of hydrogen-bond acceptors (Lipinski definition) is 4. The van der Waals surface area contributed by atoms with Gasteiger partial charge in [-0.3, -0.25) is 4.90 Å². The van der Waals surface area contributed by atoms with E-state index in [1.54, 1.807) is 6.07 Å². The second-order valence-corrected chi connectivity index (χ2v) is 8.03. The van der Waals surface area contributed by atoms with Crippen LogP contribution >= 0.6 is 11.6 Å². The molecule has 0 aromatic heterocycles. The summed E-state index contributed by atoms with van der Waals surface area (Å²) < 4.78 is 33.1. The van der Waals surface area contributed by atoms with Crippen molar-refractivity contribution in [2.75, 3.05) is 20.2 Å². The van der Waals surface area contributed by atoms with Crippen LogP contribution in [0.15, 0.2) is 23.1 Å². The van der Waals surface area contributed by atoms with Crippen LogP contribution in [0.4, 0.5) is 0 Å². The Labute approximate surface area is 136 Å². The molecule has 2 aliphatic heterocycles. The van der Waals surface area contributed by atoms with E-state index in [2.05, 4.69) is 9.62 Å². The SMILES string of the molecule is COc1ccc(S(=O)(=O)N[C@@H]2CCN3CCCC[C@@H]23)cc1Cl. The maximum atomic E-state index is 12.6. The summed E-state index contributed by atoms with van der Waals surface area (Å²) in [5.74, 6) is 0.472. The van der Waals surface area contributed by atoms with Gasteiger partial charge >= 0.3 is 0 Å². The smallest absolute Gasteiger partial charge is 0.240 e. The van der Waals surface area contributed by atoms with E-state index in [1.807, 2.05) is 0 Å². The quantitative estimate of drug-likeness (QED) is 0.910. The summed E-state index contributed by atoms with van der Waals surface area (Å²) >= 11 is 6.04. The summed E-state index contributed by atoms with van der Waals surface area (Å²) in [5.41, 5.74) is 0. The number of fused-ring (bicyclic) bond motifs is 1. The predicted octanol–water partition coefficient (Wildman–Crippen LogP) is 2.25. The van der Waals surface area contributed by atoms with E-state index in [1.165, 1.54) is 32.1 Å². The standard InChI is InChI=1S/C15H21ClN2O3S/c1-21-15-6-5-11(10-12(15)16)22(19,20)17-13-7-9-18-8-3-2-4-14(13)18/h5-6,10,13-14,17H,2-4,7-9H2,1H3/t13-,14+/m1/s1. The average Bonchev–Trinajstić information content (AvgIpc) is 2.90. The Hall–Kier alpha value is -0.820. The van der Waals surface area contributed by atoms with Crippen molar-refractivity contribution in [1.29, 1.82) is 0 Å². The van der Waals surface area contributed by atoms with E-state index in [-0.39, 0.29) is 10.9 Å². The molecule has 2 saturated heterocycles. The van der Waals surface area contributed by atoms with Crippen molar-refractivity contribution in [2.24, 2.45) is 0 Å². The van der Waals surface area contributed by atoms with Crippen LogP contribution in [-0.4, -0.2) is 45.6 Å². The molecule has 0 radical (unpaired) electrons. The molecule has 0 bridgehead atoms. The molecule has 7 heteroatoms. The molecule has 2 fully saturated rings. The molecule has 2 heterocycles. The van der Waals surface area contributed by atoms with Crippen molar-refractivity contribution in [3.05, 3.63) is 23.2 Å². The van der Waals surface area contributed by atoms with Gasteiger partial charge in [0.2, 0.25) is 10.0 Å². The molecule has 0 amide bonds. The van der Waals surface area contributed by atoms with E-state index in [0.29, 0.717) is 16.8 Å². The first kappa shape index (κ1) is 16.1. The number of nitrogens with zero attached hydrogens (tertiary/aromatic N) is 1. The summed E-state index contributed by atoms with van der Waals surface area (Å²) in [6.07, 6.45) is 4.32. The highest BCUT2D eigenvalue weighted by atomic mass is 35.5. The molecular formula is C15H21ClN2O3S. The van der Waals surface area contributed by atoms with Crippen molar-refractivity contribution in [3.63, 3.8) is 0 Å². The normalized spacial score (nSPS) is 25.9. The molecule has 0 aliphatic carbocycles. The number of rotatable bonds is 4. The van der Waals surface area contributed by atoms with Gasteiger partial charge in [0, 0.05) is 18.6 Å². The highest BCUT2D eigenvalue weighted by molar-refractivity contribution is 7.89. The summed E-state index contributed by atoms with van der Waals surface area (Å²) in [7, 11) is -2.05. The van der Waals surface area contributed by atoms with Gasteiger partial charge in [-0.2, -0.15) is 0 Å². The summed E-state index contributed by atoms with van der Waals surface area (Å²) in [6.45, 7) is 2.05. The Morgan fingerprint density at radius 2 is 2.09 bits per heavy atom. The number of hydrogen-bond donors (Lipinski definition) is 1. The number of halogens is 1. The fraction of sp³-hybridized carbons (Fsp3) is 0.600. The fourth-order valence-corrected chi connectivity index (χ4v) is 5.12. The Kier molecular flexibility index (Phi) is 4.64. The maximum Gasteiger partial charge on any atom is 0.240 e. The summed E-state index contributed by atoms with van der Waals surface area (Å²) in [6, 6.07) is 4.87. The number of nitrogens with one attached hydrogen (secondary N) is 1. The van der Waals surface area contributed by atoms with Gasteiger partial charge in [-0.15, -0.1) is 0 Å². The Balaban J connectivity index is 1.77. The van der Waals surface area contributed by atoms with Crippen molar-refractivity contribution >= 4 is 21.6 Å². The van der Waals surface area contributed by atoms with Gasteiger partial charge in [-0.25, -0.2) is 13.1 Å². The van der Waals surface area contributed by atoms with E-state index in [4.69, 9.17) is 16.3 Å². The van der Waals surface area contributed by atoms with Crippen LogP contribution < -0.4 is 9.46 Å². The number of methoxy groups -OCH3 is 1.